The van der Waals surface area contributed by atoms with Crippen molar-refractivity contribution in [3.05, 3.63) is 95.0 Å². The highest BCUT2D eigenvalue weighted by molar-refractivity contribution is 8.01. The quantitative estimate of drug-likeness (QED) is 0.643. The Bertz CT molecular complexity index is 774. The molecule has 1 heterocycles. The molecule has 108 valence electrons. The molecule has 22 heavy (non-hydrogen) atoms. The zero-order chi connectivity index (χ0) is 15.0. The van der Waals surface area contributed by atoms with Gasteiger partial charge in [-0.2, -0.15) is 0 Å². The van der Waals surface area contributed by atoms with Gasteiger partial charge in [0.2, 0.25) is 0 Å². The highest BCUT2D eigenvalue weighted by Gasteiger charge is 2.40. The van der Waals surface area contributed by atoms with E-state index in [1.165, 1.54) is 21.7 Å². The Morgan fingerprint density at radius 3 is 2.09 bits per heavy atom. The van der Waals surface area contributed by atoms with Crippen molar-refractivity contribution in [1.82, 2.24) is 0 Å². The maximum Gasteiger partial charge on any atom is 0.140 e. The molecule has 0 fully saturated rings. The molecular formula is C19H14ClNS. The summed E-state index contributed by atoms with van der Waals surface area (Å²) in [6.45, 7) is 0. The van der Waals surface area contributed by atoms with Crippen molar-refractivity contribution in [2.45, 2.75) is 9.77 Å². The van der Waals surface area contributed by atoms with Crippen LogP contribution in [0.3, 0.4) is 0 Å². The number of rotatable bonds is 2. The molecule has 0 saturated carbocycles. The number of halogens is 1. The minimum absolute atomic E-state index is 0.310. The Kier molecular flexibility index (Phi) is 3.36. The number of fused-ring (bicyclic) bond motifs is 1. The Morgan fingerprint density at radius 1 is 0.727 bits per heavy atom. The lowest BCUT2D eigenvalue weighted by Gasteiger charge is -2.30. The first-order valence-electron chi connectivity index (χ1n) is 7.16. The number of para-hydroxylation sites is 1. The second kappa shape index (κ2) is 5.38. The average Bonchev–Trinajstić information content (AvgIpc) is 2.97. The third-order valence-corrected chi connectivity index (χ3v) is 5.60. The summed E-state index contributed by atoms with van der Waals surface area (Å²) in [5.41, 5.74) is 3.61. The minimum atomic E-state index is -0.310. The molecule has 0 bridgehead atoms. The van der Waals surface area contributed by atoms with Gasteiger partial charge in [-0.1, -0.05) is 78.0 Å². The van der Waals surface area contributed by atoms with E-state index in [0.717, 1.165) is 5.02 Å². The molecule has 3 heteroatoms. The second-order valence-corrected chi connectivity index (χ2v) is 6.97. The van der Waals surface area contributed by atoms with Crippen LogP contribution in [0.5, 0.6) is 0 Å². The van der Waals surface area contributed by atoms with Crippen LogP contribution in [-0.4, -0.2) is 0 Å². The summed E-state index contributed by atoms with van der Waals surface area (Å²) in [4.78, 5) is 0.955. The monoisotopic (exact) mass is 323 g/mol. The molecule has 0 saturated heterocycles. The minimum Gasteiger partial charge on any atom is -0.362 e. The van der Waals surface area contributed by atoms with Gasteiger partial charge in [0.15, 0.2) is 0 Å². The number of thioether (sulfide) groups is 1. The fraction of sp³-hybridized carbons (Fsp3) is 0.0526. The smallest absolute Gasteiger partial charge is 0.140 e. The molecule has 1 aliphatic rings. The summed E-state index contributed by atoms with van der Waals surface area (Å²) in [6, 6.07) is 27.1. The Labute approximate surface area is 139 Å². The van der Waals surface area contributed by atoms with Crippen LogP contribution in [0.2, 0.25) is 5.02 Å². The first kappa shape index (κ1) is 13.7. The van der Waals surface area contributed by atoms with Crippen LogP contribution >= 0.6 is 23.4 Å². The summed E-state index contributed by atoms with van der Waals surface area (Å²) in [5, 5.41) is 4.48. The van der Waals surface area contributed by atoms with E-state index in [0.29, 0.717) is 0 Å². The van der Waals surface area contributed by atoms with E-state index < -0.39 is 0 Å². The predicted molar refractivity (Wildman–Crippen MR) is 94.6 cm³/mol. The van der Waals surface area contributed by atoms with E-state index in [2.05, 4.69) is 66.0 Å². The van der Waals surface area contributed by atoms with Crippen molar-refractivity contribution < 1.29 is 0 Å². The van der Waals surface area contributed by atoms with Crippen molar-refractivity contribution in [2.24, 2.45) is 0 Å². The predicted octanol–water partition coefficient (Wildman–Crippen LogP) is 5.76. The van der Waals surface area contributed by atoms with Crippen LogP contribution < -0.4 is 5.32 Å². The molecule has 1 aliphatic heterocycles. The summed E-state index contributed by atoms with van der Waals surface area (Å²) in [7, 11) is 0. The van der Waals surface area contributed by atoms with E-state index >= 15 is 0 Å². The van der Waals surface area contributed by atoms with Crippen LogP contribution in [0, 0.1) is 0 Å². The lowest BCUT2D eigenvalue weighted by molar-refractivity contribution is 0.873. The van der Waals surface area contributed by atoms with Gasteiger partial charge in [-0.25, -0.2) is 0 Å². The summed E-state index contributed by atoms with van der Waals surface area (Å²) in [5.74, 6) is 0. The van der Waals surface area contributed by atoms with Crippen molar-refractivity contribution >= 4 is 29.1 Å². The molecule has 0 spiro atoms. The van der Waals surface area contributed by atoms with Gasteiger partial charge in [0.05, 0.1) is 0 Å². The fourth-order valence-corrected chi connectivity index (χ4v) is 4.33. The van der Waals surface area contributed by atoms with Gasteiger partial charge in [-0.3, -0.25) is 0 Å². The Hall–Kier alpha value is -1.90. The first-order chi connectivity index (χ1) is 10.8. The largest absolute Gasteiger partial charge is 0.362 e. The van der Waals surface area contributed by atoms with Crippen LogP contribution in [0.4, 0.5) is 5.69 Å². The van der Waals surface area contributed by atoms with E-state index in [4.69, 9.17) is 11.6 Å². The molecule has 0 radical (unpaired) electrons. The third kappa shape index (κ3) is 2.20. The van der Waals surface area contributed by atoms with E-state index in [9.17, 15) is 0 Å². The average molecular weight is 324 g/mol. The molecule has 4 rings (SSSR count). The normalized spacial score (nSPS) is 19.5. The molecule has 0 amide bonds. The number of benzene rings is 3. The van der Waals surface area contributed by atoms with Crippen molar-refractivity contribution in [3.63, 3.8) is 0 Å². The summed E-state index contributed by atoms with van der Waals surface area (Å²) in [6.07, 6.45) is 0. The van der Waals surface area contributed by atoms with Gasteiger partial charge in [-0.15, -0.1) is 0 Å². The SMILES string of the molecule is Clc1ccc([C@@]2(c3ccccc3)Nc3ccccc3S2)cc1. The van der Waals surface area contributed by atoms with Gasteiger partial charge < -0.3 is 5.32 Å². The second-order valence-electron chi connectivity index (χ2n) is 5.28. The van der Waals surface area contributed by atoms with Crippen LogP contribution in [0.25, 0.3) is 0 Å². The van der Waals surface area contributed by atoms with Crippen molar-refractivity contribution in [1.29, 1.82) is 0 Å². The zero-order valence-corrected chi connectivity index (χ0v) is 13.4. The van der Waals surface area contributed by atoms with E-state index in [1.807, 2.05) is 30.0 Å². The highest BCUT2D eigenvalue weighted by Crippen LogP contribution is 2.54. The molecule has 0 aliphatic carbocycles. The van der Waals surface area contributed by atoms with Crippen molar-refractivity contribution in [3.8, 4) is 0 Å². The molecule has 1 atom stereocenters. The first-order valence-corrected chi connectivity index (χ1v) is 8.35. The number of hydrogen-bond acceptors (Lipinski definition) is 2. The number of anilines is 1. The highest BCUT2D eigenvalue weighted by atomic mass is 35.5. The third-order valence-electron chi connectivity index (χ3n) is 3.89. The standard InChI is InChI=1S/C19H14ClNS/c20-16-12-10-15(11-13-16)19(14-6-2-1-3-7-14)21-17-8-4-5-9-18(17)22-19/h1-13,21H/t19-/m0/s1. The van der Waals surface area contributed by atoms with E-state index in [-0.39, 0.29) is 4.87 Å². The van der Waals surface area contributed by atoms with Crippen LogP contribution in [-0.2, 0) is 4.87 Å². The van der Waals surface area contributed by atoms with Gasteiger partial charge in [0.1, 0.15) is 4.87 Å². The van der Waals surface area contributed by atoms with Crippen LogP contribution in [0.15, 0.2) is 83.8 Å². The summed E-state index contributed by atoms with van der Waals surface area (Å²) >= 11 is 7.91. The fourth-order valence-electron chi connectivity index (χ4n) is 2.83. The maximum absolute atomic E-state index is 6.07. The topological polar surface area (TPSA) is 12.0 Å². The lowest BCUT2D eigenvalue weighted by atomic mass is 9.97. The van der Waals surface area contributed by atoms with E-state index in [1.54, 1.807) is 0 Å². The van der Waals surface area contributed by atoms with Gasteiger partial charge in [0, 0.05) is 15.6 Å². The number of hydrogen-bond donors (Lipinski definition) is 1. The Balaban J connectivity index is 1.89. The maximum atomic E-state index is 6.07. The van der Waals surface area contributed by atoms with Gasteiger partial charge in [0.25, 0.3) is 0 Å². The van der Waals surface area contributed by atoms with Crippen LogP contribution in [0.1, 0.15) is 11.1 Å². The lowest BCUT2D eigenvalue weighted by Crippen LogP contribution is -2.29. The molecule has 3 aromatic carbocycles. The molecular weight excluding hydrogens is 310 g/mol. The van der Waals surface area contributed by atoms with Crippen molar-refractivity contribution in [2.75, 3.05) is 5.32 Å². The zero-order valence-electron chi connectivity index (χ0n) is 11.8. The van der Waals surface area contributed by atoms with Gasteiger partial charge in [-0.05, 0) is 35.4 Å². The molecule has 1 N–H and O–H groups in total. The summed E-state index contributed by atoms with van der Waals surface area (Å²) < 4.78 is 0. The molecule has 0 unspecified atom stereocenters. The molecule has 3 aromatic rings. The van der Waals surface area contributed by atoms with Gasteiger partial charge >= 0.3 is 0 Å². The Morgan fingerprint density at radius 2 is 1.36 bits per heavy atom. The number of nitrogens with one attached hydrogen (secondary N) is 1. The molecule has 0 aromatic heterocycles. The molecule has 1 nitrogen and oxygen atoms in total.